The van der Waals surface area contributed by atoms with Crippen molar-refractivity contribution in [2.24, 2.45) is 0 Å². The molecule has 0 spiro atoms. The van der Waals surface area contributed by atoms with Gasteiger partial charge in [0.25, 0.3) is 0 Å². The lowest BCUT2D eigenvalue weighted by atomic mass is 10.1. The van der Waals surface area contributed by atoms with E-state index >= 15 is 0 Å². The summed E-state index contributed by atoms with van der Waals surface area (Å²) in [5.41, 5.74) is 6.95. The van der Waals surface area contributed by atoms with E-state index in [9.17, 15) is 0 Å². The Kier molecular flexibility index (Phi) is 4.51. The number of aromatic nitrogens is 4. The van der Waals surface area contributed by atoms with Gasteiger partial charge in [-0.1, -0.05) is 30.3 Å². The standard InChI is InChI=1S/C23H28N6/c1-16-13-22-21(28(16)15-18-7-5-4-6-8-18)14-20(23-26-25-17(2)29(22)23)24-19-9-11-27(3)12-10-19/h4-8,13-14,19,24H,9-12,15H2,1-3H3. The van der Waals surface area contributed by atoms with Crippen LogP contribution in [0, 0.1) is 13.8 Å². The number of hydrogen-bond donors (Lipinski definition) is 1. The number of rotatable bonds is 4. The first-order valence-electron chi connectivity index (χ1n) is 10.4. The van der Waals surface area contributed by atoms with Crippen LogP contribution in [0.1, 0.15) is 29.9 Å². The fourth-order valence-electron chi connectivity index (χ4n) is 4.49. The Hall–Kier alpha value is -2.86. The number of pyridine rings is 1. The SMILES string of the molecule is Cc1cc2c(cc(NC3CCN(C)CC3)c3nnc(C)n32)n1Cc1ccccc1. The van der Waals surface area contributed by atoms with Crippen molar-refractivity contribution in [3.8, 4) is 0 Å². The first-order chi connectivity index (χ1) is 14.1. The lowest BCUT2D eigenvalue weighted by Crippen LogP contribution is -2.36. The smallest absolute Gasteiger partial charge is 0.184 e. The number of piperidine rings is 1. The summed E-state index contributed by atoms with van der Waals surface area (Å²) >= 11 is 0. The van der Waals surface area contributed by atoms with Crippen LogP contribution < -0.4 is 5.32 Å². The zero-order valence-corrected chi connectivity index (χ0v) is 17.4. The molecule has 150 valence electrons. The molecule has 3 aromatic heterocycles. The number of nitrogens with one attached hydrogen (secondary N) is 1. The minimum atomic E-state index is 0.475. The number of anilines is 1. The molecule has 1 aliphatic heterocycles. The van der Waals surface area contributed by atoms with Gasteiger partial charge in [-0.25, -0.2) is 0 Å². The van der Waals surface area contributed by atoms with Gasteiger partial charge in [0.1, 0.15) is 5.82 Å². The highest BCUT2D eigenvalue weighted by Crippen LogP contribution is 2.29. The first-order valence-corrected chi connectivity index (χ1v) is 10.4. The average Bonchev–Trinajstić information content (AvgIpc) is 3.25. The van der Waals surface area contributed by atoms with Crippen LogP contribution in [-0.2, 0) is 6.54 Å². The third-order valence-corrected chi connectivity index (χ3v) is 6.17. The number of benzene rings is 1. The zero-order chi connectivity index (χ0) is 20.0. The summed E-state index contributed by atoms with van der Waals surface area (Å²) in [5, 5.41) is 12.7. The fraction of sp³-hybridized carbons (Fsp3) is 0.391. The molecule has 1 N–H and O–H groups in total. The third kappa shape index (κ3) is 3.27. The summed E-state index contributed by atoms with van der Waals surface area (Å²) in [6, 6.07) is 15.6. The third-order valence-electron chi connectivity index (χ3n) is 6.17. The van der Waals surface area contributed by atoms with Gasteiger partial charge in [0, 0.05) is 18.3 Å². The molecule has 1 aromatic carbocycles. The first kappa shape index (κ1) is 18.2. The van der Waals surface area contributed by atoms with E-state index in [0.29, 0.717) is 6.04 Å². The molecule has 0 bridgehead atoms. The van der Waals surface area contributed by atoms with Gasteiger partial charge in [-0.2, -0.15) is 0 Å². The van der Waals surface area contributed by atoms with Crippen LogP contribution in [0.3, 0.4) is 0 Å². The molecule has 0 atom stereocenters. The van der Waals surface area contributed by atoms with Crippen LogP contribution in [0.4, 0.5) is 5.69 Å². The van der Waals surface area contributed by atoms with E-state index in [0.717, 1.165) is 49.6 Å². The minimum absolute atomic E-state index is 0.475. The molecule has 0 aliphatic carbocycles. The van der Waals surface area contributed by atoms with Crippen LogP contribution in [0.15, 0.2) is 42.5 Å². The van der Waals surface area contributed by atoms with Crippen molar-refractivity contribution in [2.75, 3.05) is 25.5 Å². The Morgan fingerprint density at radius 3 is 2.52 bits per heavy atom. The van der Waals surface area contributed by atoms with Crippen molar-refractivity contribution in [1.29, 1.82) is 0 Å². The molecule has 0 amide bonds. The van der Waals surface area contributed by atoms with Gasteiger partial charge in [0.15, 0.2) is 5.65 Å². The summed E-state index contributed by atoms with van der Waals surface area (Å²) in [4.78, 5) is 2.40. The fourth-order valence-corrected chi connectivity index (χ4v) is 4.49. The van der Waals surface area contributed by atoms with Crippen LogP contribution in [0.5, 0.6) is 0 Å². The van der Waals surface area contributed by atoms with Gasteiger partial charge >= 0.3 is 0 Å². The van der Waals surface area contributed by atoms with Crippen LogP contribution in [-0.4, -0.2) is 50.2 Å². The number of hydrogen-bond acceptors (Lipinski definition) is 4. The zero-order valence-electron chi connectivity index (χ0n) is 17.4. The highest BCUT2D eigenvalue weighted by atomic mass is 15.3. The van der Waals surface area contributed by atoms with Gasteiger partial charge in [-0.05, 0) is 64.5 Å². The highest BCUT2D eigenvalue weighted by molar-refractivity contribution is 5.88. The molecular weight excluding hydrogens is 360 g/mol. The predicted molar refractivity (Wildman–Crippen MR) is 118 cm³/mol. The lowest BCUT2D eigenvalue weighted by molar-refractivity contribution is 0.264. The summed E-state index contributed by atoms with van der Waals surface area (Å²) in [7, 11) is 2.20. The molecule has 1 saturated heterocycles. The molecule has 0 saturated carbocycles. The van der Waals surface area contributed by atoms with Crippen molar-refractivity contribution >= 4 is 22.4 Å². The Labute approximate surface area is 171 Å². The molecule has 1 fully saturated rings. The van der Waals surface area contributed by atoms with E-state index in [1.165, 1.54) is 22.3 Å². The topological polar surface area (TPSA) is 50.4 Å². The van der Waals surface area contributed by atoms with Gasteiger partial charge < -0.3 is 14.8 Å². The maximum atomic E-state index is 4.50. The maximum absolute atomic E-state index is 4.50. The van der Waals surface area contributed by atoms with Crippen molar-refractivity contribution in [3.05, 3.63) is 59.5 Å². The second-order valence-corrected chi connectivity index (χ2v) is 8.31. The molecule has 1 aliphatic rings. The monoisotopic (exact) mass is 388 g/mol. The summed E-state index contributed by atoms with van der Waals surface area (Å²) in [5.74, 6) is 0.925. The molecule has 0 unspecified atom stereocenters. The van der Waals surface area contributed by atoms with E-state index in [1.807, 2.05) is 6.92 Å². The number of fused-ring (bicyclic) bond motifs is 3. The van der Waals surface area contributed by atoms with E-state index < -0.39 is 0 Å². The van der Waals surface area contributed by atoms with Gasteiger partial charge in [-0.15, -0.1) is 10.2 Å². The van der Waals surface area contributed by atoms with Crippen molar-refractivity contribution in [2.45, 2.75) is 39.3 Å². The Bertz CT molecular complexity index is 1150. The molecule has 0 radical (unpaired) electrons. The predicted octanol–water partition coefficient (Wildman–Crippen LogP) is 3.86. The Balaban J connectivity index is 1.61. The van der Waals surface area contributed by atoms with Crippen molar-refractivity contribution in [1.82, 2.24) is 24.1 Å². The Morgan fingerprint density at radius 1 is 1.00 bits per heavy atom. The Morgan fingerprint density at radius 2 is 1.76 bits per heavy atom. The highest BCUT2D eigenvalue weighted by Gasteiger charge is 2.20. The van der Waals surface area contributed by atoms with E-state index in [1.54, 1.807) is 0 Å². The average molecular weight is 389 g/mol. The quantitative estimate of drug-likeness (QED) is 0.577. The number of likely N-dealkylation sites (tertiary alicyclic amines) is 1. The lowest BCUT2D eigenvalue weighted by Gasteiger charge is -2.30. The second kappa shape index (κ2) is 7.19. The molecule has 5 rings (SSSR count). The summed E-state index contributed by atoms with van der Waals surface area (Å²) in [6.45, 7) is 7.33. The largest absolute Gasteiger partial charge is 0.379 e. The van der Waals surface area contributed by atoms with Gasteiger partial charge in [-0.3, -0.25) is 4.40 Å². The summed E-state index contributed by atoms with van der Waals surface area (Å²) in [6.07, 6.45) is 2.30. The molecule has 4 aromatic rings. The van der Waals surface area contributed by atoms with E-state index in [-0.39, 0.29) is 0 Å². The van der Waals surface area contributed by atoms with Crippen molar-refractivity contribution in [3.63, 3.8) is 0 Å². The molecular formula is C23H28N6. The van der Waals surface area contributed by atoms with Crippen LogP contribution in [0.25, 0.3) is 16.7 Å². The van der Waals surface area contributed by atoms with Crippen molar-refractivity contribution < 1.29 is 0 Å². The second-order valence-electron chi connectivity index (χ2n) is 8.31. The molecule has 29 heavy (non-hydrogen) atoms. The number of aryl methyl sites for hydroxylation is 2. The molecule has 4 heterocycles. The minimum Gasteiger partial charge on any atom is -0.379 e. The van der Waals surface area contributed by atoms with Crippen LogP contribution >= 0.6 is 0 Å². The molecule has 6 nitrogen and oxygen atoms in total. The normalized spacial score (nSPS) is 16.1. The van der Waals surface area contributed by atoms with Crippen LogP contribution in [0.2, 0.25) is 0 Å². The number of nitrogens with zero attached hydrogens (tertiary/aromatic N) is 5. The summed E-state index contributed by atoms with van der Waals surface area (Å²) < 4.78 is 4.59. The molecule has 6 heteroatoms. The maximum Gasteiger partial charge on any atom is 0.184 e. The van der Waals surface area contributed by atoms with E-state index in [4.69, 9.17) is 0 Å². The van der Waals surface area contributed by atoms with Gasteiger partial charge in [0.2, 0.25) is 0 Å². The van der Waals surface area contributed by atoms with Gasteiger partial charge in [0.05, 0.1) is 16.7 Å². The van der Waals surface area contributed by atoms with E-state index in [2.05, 4.69) is 85.8 Å².